The van der Waals surface area contributed by atoms with Crippen LogP contribution in [0.15, 0.2) is 51.8 Å². The fourth-order valence-electron chi connectivity index (χ4n) is 1.82. The molecule has 0 N–H and O–H groups in total. The molecule has 0 saturated carbocycles. The van der Waals surface area contributed by atoms with Crippen LogP contribution in [-0.4, -0.2) is 13.3 Å². The molecule has 0 atom stereocenters. The van der Waals surface area contributed by atoms with Crippen LogP contribution < -0.4 is 0 Å². The largest absolute Gasteiger partial charge is 0.273 e. The van der Waals surface area contributed by atoms with Crippen molar-refractivity contribution in [2.45, 2.75) is 17.6 Å². The van der Waals surface area contributed by atoms with Crippen LogP contribution in [0.2, 0.25) is 0 Å². The molecule has 0 amide bonds. The lowest BCUT2D eigenvalue weighted by atomic mass is 10.2. The van der Waals surface area contributed by atoms with Crippen molar-refractivity contribution in [1.29, 1.82) is 0 Å². The van der Waals surface area contributed by atoms with Crippen molar-refractivity contribution in [2.75, 3.05) is 0 Å². The smallest absolute Gasteiger partial charge is 0.258 e. The van der Waals surface area contributed by atoms with E-state index in [-0.39, 0.29) is 16.5 Å². The average Bonchev–Trinajstić information content (AvgIpc) is 2.37. The number of benzene rings is 2. The van der Waals surface area contributed by atoms with Crippen molar-refractivity contribution >= 4 is 31.5 Å². The lowest BCUT2D eigenvalue weighted by Crippen LogP contribution is -2.07. The van der Waals surface area contributed by atoms with Crippen LogP contribution in [0, 0.1) is 17.0 Å². The van der Waals surface area contributed by atoms with E-state index in [2.05, 4.69) is 15.9 Å². The van der Waals surface area contributed by atoms with Crippen molar-refractivity contribution in [2.24, 2.45) is 0 Å². The molecule has 0 aliphatic rings. The summed E-state index contributed by atoms with van der Waals surface area (Å²) in [6.45, 7) is 1.84. The Hall–Kier alpha value is -1.73. The highest BCUT2D eigenvalue weighted by Crippen LogP contribution is 2.27. The van der Waals surface area contributed by atoms with Crippen molar-refractivity contribution < 1.29 is 14.7 Å². The zero-order valence-electron chi connectivity index (χ0n) is 12.0. The second kappa shape index (κ2) is 5.95. The van der Waals surface area contributed by atoms with E-state index in [0.717, 1.165) is 5.56 Å². The molecule has 0 aliphatic carbocycles. The minimum atomic E-state index is -3.73. The average molecular weight is 371 g/mol. The van der Waals surface area contributed by atoms with Crippen LogP contribution in [0.4, 0.5) is 5.69 Å². The number of nitro benzene ring substituents is 1. The third-order valence-corrected chi connectivity index (χ3v) is 5.01. The van der Waals surface area contributed by atoms with Crippen LogP contribution in [0.25, 0.3) is 0 Å². The number of nitro groups is 1. The zero-order chi connectivity index (χ0) is 16.5. The van der Waals surface area contributed by atoms with Gasteiger partial charge in [-0.1, -0.05) is 33.6 Å². The van der Waals surface area contributed by atoms with E-state index in [4.69, 9.17) is 1.37 Å². The van der Waals surface area contributed by atoms with Gasteiger partial charge in [-0.2, -0.15) is 0 Å². The molecular formula is C14H12BrNO4S. The molecule has 2 rings (SSSR count). The van der Waals surface area contributed by atoms with E-state index in [1.807, 2.05) is 6.92 Å². The predicted molar refractivity (Wildman–Crippen MR) is 82.9 cm³/mol. The summed E-state index contributed by atoms with van der Waals surface area (Å²) in [5, 5.41) is 11.1. The van der Waals surface area contributed by atoms with Gasteiger partial charge in [0.2, 0.25) is 0 Å². The highest BCUT2D eigenvalue weighted by atomic mass is 79.9. The molecule has 0 bridgehead atoms. The number of sulfone groups is 1. The second-order valence-corrected chi connectivity index (χ2v) is 7.43. The molecule has 0 unspecified atom stereocenters. The summed E-state index contributed by atoms with van der Waals surface area (Å²) >= 11 is 3.13. The Balaban J connectivity index is 2.50. The molecule has 0 aromatic heterocycles. The van der Waals surface area contributed by atoms with Crippen LogP contribution in [0.5, 0.6) is 0 Å². The van der Waals surface area contributed by atoms with Gasteiger partial charge in [-0.05, 0) is 31.2 Å². The Kier molecular flexibility index (Phi) is 4.03. The SMILES string of the molecule is [2H]c1cc(Br)cc(CS(=O)(=O)c2ccc(C)cc2)c1[N+](=O)[O-]. The number of hydrogen-bond donors (Lipinski definition) is 0. The first-order valence-corrected chi connectivity index (χ1v) is 8.38. The molecule has 0 saturated heterocycles. The molecule has 2 aromatic rings. The number of aryl methyl sites for hydroxylation is 1. The van der Waals surface area contributed by atoms with E-state index in [1.54, 1.807) is 12.1 Å². The van der Waals surface area contributed by atoms with E-state index in [1.165, 1.54) is 24.3 Å². The molecule has 0 heterocycles. The Morgan fingerprint density at radius 2 is 1.90 bits per heavy atom. The van der Waals surface area contributed by atoms with Crippen LogP contribution in [0.3, 0.4) is 0 Å². The maximum Gasteiger partial charge on any atom is 0.273 e. The molecule has 2 aromatic carbocycles. The van der Waals surface area contributed by atoms with Gasteiger partial charge in [0.15, 0.2) is 9.84 Å². The highest BCUT2D eigenvalue weighted by molar-refractivity contribution is 9.10. The third-order valence-electron chi connectivity index (χ3n) is 2.87. The molecule has 7 heteroatoms. The lowest BCUT2D eigenvalue weighted by molar-refractivity contribution is -0.385. The summed E-state index contributed by atoms with van der Waals surface area (Å²) in [5.41, 5.74) is 0.421. The second-order valence-electron chi connectivity index (χ2n) is 4.52. The number of rotatable bonds is 4. The lowest BCUT2D eigenvalue weighted by Gasteiger charge is -2.06. The fraction of sp³-hybridized carbons (Fsp3) is 0.143. The highest BCUT2D eigenvalue weighted by Gasteiger charge is 2.22. The van der Waals surface area contributed by atoms with Crippen molar-refractivity contribution in [1.82, 2.24) is 0 Å². The van der Waals surface area contributed by atoms with Crippen LogP contribution in [-0.2, 0) is 15.6 Å². The predicted octanol–water partition coefficient (Wildman–Crippen LogP) is 3.64. The van der Waals surface area contributed by atoms with Crippen molar-refractivity contribution in [3.05, 3.63) is 68.2 Å². The standard InChI is InChI=1S/C14H12BrNO4S/c1-10-2-5-13(6-3-10)21(19,20)9-11-8-12(15)4-7-14(11)16(17)18/h2-8H,9H2,1H3/i7D. The number of halogens is 1. The van der Waals surface area contributed by atoms with Gasteiger partial charge < -0.3 is 0 Å². The summed E-state index contributed by atoms with van der Waals surface area (Å²) in [5.74, 6) is -0.530. The van der Waals surface area contributed by atoms with Gasteiger partial charge in [-0.15, -0.1) is 0 Å². The Morgan fingerprint density at radius 3 is 2.48 bits per heavy atom. The van der Waals surface area contributed by atoms with Crippen LogP contribution in [0.1, 0.15) is 12.5 Å². The first-order chi connectivity index (χ1) is 10.2. The quantitative estimate of drug-likeness (QED) is 0.607. The van der Waals surface area contributed by atoms with E-state index in [9.17, 15) is 18.5 Å². The fourth-order valence-corrected chi connectivity index (χ4v) is 3.56. The Bertz CT molecular complexity index is 835. The maximum absolute atomic E-state index is 12.4. The molecule has 0 fully saturated rings. The van der Waals surface area contributed by atoms with Gasteiger partial charge in [0.1, 0.15) is 0 Å². The van der Waals surface area contributed by atoms with Gasteiger partial charge in [-0.25, -0.2) is 8.42 Å². The van der Waals surface area contributed by atoms with Gasteiger partial charge in [-0.3, -0.25) is 10.1 Å². The van der Waals surface area contributed by atoms with Gasteiger partial charge in [0.25, 0.3) is 5.69 Å². The summed E-state index contributed by atoms with van der Waals surface area (Å²) < 4.78 is 32.9. The Labute approximate surface area is 132 Å². The van der Waals surface area contributed by atoms with Crippen LogP contribution >= 0.6 is 15.9 Å². The summed E-state index contributed by atoms with van der Waals surface area (Å²) in [7, 11) is -3.73. The Morgan fingerprint density at radius 1 is 1.29 bits per heavy atom. The summed E-state index contributed by atoms with van der Waals surface area (Å²) in [4.78, 5) is 10.5. The van der Waals surface area contributed by atoms with Crippen molar-refractivity contribution in [3.63, 3.8) is 0 Å². The number of nitrogens with zero attached hydrogens (tertiary/aromatic N) is 1. The van der Waals surface area contributed by atoms with E-state index >= 15 is 0 Å². The molecule has 0 aliphatic heterocycles. The normalized spacial score (nSPS) is 12.0. The van der Waals surface area contributed by atoms with Gasteiger partial charge >= 0.3 is 0 Å². The van der Waals surface area contributed by atoms with Crippen molar-refractivity contribution in [3.8, 4) is 0 Å². The molecular weight excluding hydrogens is 358 g/mol. The van der Waals surface area contributed by atoms with E-state index in [0.29, 0.717) is 4.47 Å². The van der Waals surface area contributed by atoms with E-state index < -0.39 is 26.2 Å². The molecule has 5 nitrogen and oxygen atoms in total. The minimum Gasteiger partial charge on any atom is -0.258 e. The van der Waals surface area contributed by atoms with Gasteiger partial charge in [0.05, 0.1) is 16.9 Å². The first kappa shape index (κ1) is 14.2. The molecule has 0 spiro atoms. The molecule has 0 radical (unpaired) electrons. The molecule has 21 heavy (non-hydrogen) atoms. The first-order valence-electron chi connectivity index (χ1n) is 6.43. The monoisotopic (exact) mass is 370 g/mol. The minimum absolute atomic E-state index is 0.00931. The zero-order valence-corrected chi connectivity index (χ0v) is 13.4. The third kappa shape index (κ3) is 3.68. The summed E-state index contributed by atoms with van der Waals surface area (Å²) in [6.07, 6.45) is 0. The molecule has 110 valence electrons. The topological polar surface area (TPSA) is 77.3 Å². The van der Waals surface area contributed by atoms with Gasteiger partial charge in [0, 0.05) is 16.1 Å². The maximum atomic E-state index is 12.4. The summed E-state index contributed by atoms with van der Waals surface area (Å²) in [6, 6.07) is 8.57. The number of hydrogen-bond acceptors (Lipinski definition) is 4.